The largest absolute Gasteiger partial charge is 0.296 e. The van der Waals surface area contributed by atoms with Crippen LogP contribution in [-0.4, -0.2) is 12.2 Å². The topological polar surface area (TPSA) is 16.4 Å². The van der Waals surface area contributed by atoms with E-state index in [1.807, 2.05) is 0 Å². The van der Waals surface area contributed by atoms with Crippen LogP contribution in [-0.2, 0) is 0 Å². The monoisotopic (exact) mass is 166 g/mol. The van der Waals surface area contributed by atoms with Gasteiger partial charge in [0.25, 0.3) is 6.17 Å². The Morgan fingerprint density at radius 3 is 2.50 bits per heavy atom. The minimum Gasteiger partial charge on any atom is -0.296 e. The average Bonchev–Trinajstić information content (AvgIpc) is 2.32. The van der Waals surface area contributed by atoms with Crippen LogP contribution >= 0.6 is 0 Å². The van der Waals surface area contributed by atoms with Crippen molar-refractivity contribution < 1.29 is 0 Å². The van der Waals surface area contributed by atoms with E-state index in [4.69, 9.17) is 6.57 Å². The highest BCUT2D eigenvalue weighted by Gasteiger charge is 2.29. The molecule has 0 aromatic rings. The van der Waals surface area contributed by atoms with E-state index in [1.165, 1.54) is 12.8 Å². The van der Waals surface area contributed by atoms with Crippen molar-refractivity contribution in [3.63, 3.8) is 0 Å². The van der Waals surface area contributed by atoms with E-state index >= 15 is 0 Å². The lowest BCUT2D eigenvalue weighted by molar-refractivity contribution is 0.322. The first-order valence-electron chi connectivity index (χ1n) is 4.64. The van der Waals surface area contributed by atoms with Crippen molar-refractivity contribution in [2.24, 2.45) is 5.41 Å². The van der Waals surface area contributed by atoms with Crippen molar-refractivity contribution in [1.29, 1.82) is 0 Å². The molecule has 12 heavy (non-hydrogen) atoms. The van der Waals surface area contributed by atoms with Crippen molar-refractivity contribution in [2.75, 3.05) is 0 Å². The number of hydrogen-bond donors (Lipinski definition) is 1. The molecule has 1 aliphatic rings. The van der Waals surface area contributed by atoms with E-state index in [9.17, 15) is 0 Å². The first-order chi connectivity index (χ1) is 5.51. The molecule has 1 N–H and O–H groups in total. The Kier molecular flexibility index (Phi) is 2.74. The van der Waals surface area contributed by atoms with Gasteiger partial charge in [-0.15, -0.1) is 0 Å². The summed E-state index contributed by atoms with van der Waals surface area (Å²) in [6, 6.07) is 0.573. The molecule has 0 aromatic carbocycles. The number of nitrogens with one attached hydrogen (secondary N) is 1. The second-order valence-electron chi connectivity index (χ2n) is 4.85. The van der Waals surface area contributed by atoms with Crippen molar-refractivity contribution in [3.8, 4) is 0 Å². The van der Waals surface area contributed by atoms with Gasteiger partial charge in [0, 0.05) is 12.5 Å². The molecule has 0 radical (unpaired) electrons. The number of hydrogen-bond acceptors (Lipinski definition) is 1. The maximum Gasteiger partial charge on any atom is 0.277 e. The molecule has 0 amide bonds. The standard InChI is InChI=1S/C10H18N2/c1-10(2,3)7-8-5-6-9(11-4)12-8/h8-9,12H,5-7H2,1-3H3/t8-,9-/m0/s1. The Hall–Kier alpha value is -0.550. The van der Waals surface area contributed by atoms with E-state index in [2.05, 4.69) is 30.9 Å². The van der Waals surface area contributed by atoms with Crippen molar-refractivity contribution in [3.05, 3.63) is 11.4 Å². The van der Waals surface area contributed by atoms with Crippen LogP contribution < -0.4 is 5.32 Å². The molecule has 2 nitrogen and oxygen atoms in total. The Morgan fingerprint density at radius 2 is 2.08 bits per heavy atom. The van der Waals surface area contributed by atoms with E-state index in [1.54, 1.807) is 0 Å². The summed E-state index contributed by atoms with van der Waals surface area (Å²) in [5.41, 5.74) is 0.384. The van der Waals surface area contributed by atoms with E-state index in [0.717, 1.165) is 6.42 Å². The molecular weight excluding hydrogens is 148 g/mol. The highest BCUT2D eigenvalue weighted by atomic mass is 15.1. The predicted octanol–water partition coefficient (Wildman–Crippen LogP) is 2.42. The third-order valence-electron chi connectivity index (χ3n) is 2.23. The summed E-state index contributed by atoms with van der Waals surface area (Å²) in [5.74, 6) is 0. The van der Waals surface area contributed by atoms with Gasteiger partial charge in [-0.25, -0.2) is 11.9 Å². The molecule has 2 atom stereocenters. The van der Waals surface area contributed by atoms with Crippen LogP contribution in [0.1, 0.15) is 40.0 Å². The van der Waals surface area contributed by atoms with Crippen LogP contribution in [0.2, 0.25) is 0 Å². The number of rotatable bonds is 1. The van der Waals surface area contributed by atoms with Gasteiger partial charge in [-0.05, 0) is 18.3 Å². The molecule has 1 aliphatic heterocycles. The molecule has 1 saturated heterocycles. The Labute approximate surface area is 75.2 Å². The normalized spacial score (nSPS) is 30.2. The van der Waals surface area contributed by atoms with Crippen LogP contribution in [0.25, 0.3) is 4.85 Å². The van der Waals surface area contributed by atoms with Gasteiger partial charge in [-0.2, -0.15) is 0 Å². The van der Waals surface area contributed by atoms with Crippen LogP contribution in [0, 0.1) is 12.0 Å². The van der Waals surface area contributed by atoms with Gasteiger partial charge >= 0.3 is 0 Å². The summed E-state index contributed by atoms with van der Waals surface area (Å²) in [7, 11) is 0. The zero-order chi connectivity index (χ0) is 9.19. The lowest BCUT2D eigenvalue weighted by Crippen LogP contribution is -2.30. The lowest BCUT2D eigenvalue weighted by atomic mass is 9.88. The first kappa shape index (κ1) is 9.54. The van der Waals surface area contributed by atoms with Gasteiger partial charge in [-0.1, -0.05) is 20.8 Å². The van der Waals surface area contributed by atoms with Crippen LogP contribution in [0.3, 0.4) is 0 Å². The Morgan fingerprint density at radius 1 is 1.42 bits per heavy atom. The molecule has 0 aromatic heterocycles. The SMILES string of the molecule is [C-]#[N+][C@@H]1CC[C@@H](CC(C)(C)C)N1. The quantitative estimate of drug-likeness (QED) is 0.592. The third kappa shape index (κ3) is 2.83. The van der Waals surface area contributed by atoms with Crippen LogP contribution in [0.4, 0.5) is 0 Å². The van der Waals surface area contributed by atoms with E-state index in [-0.39, 0.29) is 6.17 Å². The first-order valence-corrected chi connectivity index (χ1v) is 4.64. The zero-order valence-corrected chi connectivity index (χ0v) is 8.22. The molecular formula is C10H18N2. The van der Waals surface area contributed by atoms with E-state index in [0.29, 0.717) is 11.5 Å². The summed E-state index contributed by atoms with van der Waals surface area (Å²) in [4.78, 5) is 3.51. The van der Waals surface area contributed by atoms with Gasteiger partial charge < -0.3 is 0 Å². The summed E-state index contributed by atoms with van der Waals surface area (Å²) in [5, 5.41) is 3.34. The fourth-order valence-electron chi connectivity index (χ4n) is 1.80. The minimum absolute atomic E-state index is 0.0948. The molecule has 0 unspecified atom stereocenters. The number of nitrogens with zero attached hydrogens (tertiary/aromatic N) is 1. The summed E-state index contributed by atoms with van der Waals surface area (Å²) in [6.07, 6.45) is 3.48. The van der Waals surface area contributed by atoms with Gasteiger partial charge in [0.1, 0.15) is 0 Å². The predicted molar refractivity (Wildman–Crippen MR) is 50.6 cm³/mol. The van der Waals surface area contributed by atoms with Gasteiger partial charge in [0.15, 0.2) is 0 Å². The summed E-state index contributed by atoms with van der Waals surface area (Å²) in [6.45, 7) is 13.6. The van der Waals surface area contributed by atoms with Crippen molar-refractivity contribution >= 4 is 0 Å². The molecule has 1 fully saturated rings. The zero-order valence-electron chi connectivity index (χ0n) is 8.22. The molecule has 0 bridgehead atoms. The fourth-order valence-corrected chi connectivity index (χ4v) is 1.80. The Balaban J connectivity index is 2.34. The van der Waals surface area contributed by atoms with Crippen LogP contribution in [0.15, 0.2) is 0 Å². The Bertz CT molecular complexity index is 185. The van der Waals surface area contributed by atoms with Gasteiger partial charge in [0.05, 0.1) is 0 Å². The molecule has 1 heterocycles. The maximum absolute atomic E-state index is 6.88. The average molecular weight is 166 g/mol. The molecule has 0 aliphatic carbocycles. The van der Waals surface area contributed by atoms with Crippen molar-refractivity contribution in [2.45, 2.75) is 52.2 Å². The smallest absolute Gasteiger partial charge is 0.277 e. The molecule has 0 saturated carbocycles. The van der Waals surface area contributed by atoms with Gasteiger partial charge in [0.2, 0.25) is 0 Å². The second kappa shape index (κ2) is 3.45. The third-order valence-corrected chi connectivity index (χ3v) is 2.23. The summed E-state index contributed by atoms with van der Waals surface area (Å²) < 4.78 is 0. The highest BCUT2D eigenvalue weighted by molar-refractivity contribution is 4.90. The highest BCUT2D eigenvalue weighted by Crippen LogP contribution is 2.26. The maximum atomic E-state index is 6.88. The molecule has 68 valence electrons. The van der Waals surface area contributed by atoms with Crippen LogP contribution in [0.5, 0.6) is 0 Å². The molecule has 1 rings (SSSR count). The summed E-state index contributed by atoms with van der Waals surface area (Å²) >= 11 is 0. The van der Waals surface area contributed by atoms with Gasteiger partial charge in [-0.3, -0.25) is 4.85 Å². The molecule has 2 heteroatoms. The second-order valence-corrected chi connectivity index (χ2v) is 4.85. The minimum atomic E-state index is 0.0948. The molecule has 0 spiro atoms. The van der Waals surface area contributed by atoms with E-state index < -0.39 is 0 Å². The van der Waals surface area contributed by atoms with Crippen molar-refractivity contribution in [1.82, 2.24) is 5.32 Å². The fraction of sp³-hybridized carbons (Fsp3) is 0.900. The lowest BCUT2D eigenvalue weighted by Gasteiger charge is -2.22.